The second kappa shape index (κ2) is 5.80. The Bertz CT molecular complexity index is 679. The number of hydrogen-bond acceptors (Lipinski definition) is 4. The van der Waals surface area contributed by atoms with Crippen molar-refractivity contribution in [1.29, 1.82) is 0 Å². The van der Waals surface area contributed by atoms with Crippen molar-refractivity contribution in [1.82, 2.24) is 14.8 Å². The Kier molecular flexibility index (Phi) is 4.29. The van der Waals surface area contributed by atoms with E-state index < -0.39 is 6.10 Å². The molecule has 5 nitrogen and oxygen atoms in total. The molecule has 0 aliphatic heterocycles. The van der Waals surface area contributed by atoms with E-state index in [4.69, 9.17) is 0 Å². The molecule has 0 bridgehead atoms. The highest BCUT2D eigenvalue weighted by atomic mass is 32.2. The number of aromatic amines is 1. The van der Waals surface area contributed by atoms with Crippen LogP contribution < -0.4 is 5.69 Å². The molecule has 0 fully saturated rings. The Labute approximate surface area is 119 Å². The topological polar surface area (TPSA) is 70.9 Å². The first-order valence-corrected chi connectivity index (χ1v) is 7.06. The molecular weight excluding hydrogens is 281 g/mol. The van der Waals surface area contributed by atoms with Crippen molar-refractivity contribution in [3.8, 4) is 0 Å². The molecule has 1 heterocycles. The molecule has 0 spiro atoms. The van der Waals surface area contributed by atoms with Gasteiger partial charge in [0.25, 0.3) is 0 Å². The fourth-order valence-corrected chi connectivity index (χ4v) is 3.04. The molecule has 1 atom stereocenters. The van der Waals surface area contributed by atoms with Crippen LogP contribution in [0.15, 0.2) is 27.0 Å². The average molecular weight is 297 g/mol. The van der Waals surface area contributed by atoms with Gasteiger partial charge in [-0.15, -0.1) is 5.10 Å². The van der Waals surface area contributed by atoms with Gasteiger partial charge in [0.15, 0.2) is 5.16 Å². The number of nitrogens with zero attached hydrogens (tertiary/aromatic N) is 2. The fourth-order valence-electron chi connectivity index (χ4n) is 1.84. The van der Waals surface area contributed by atoms with Crippen molar-refractivity contribution in [3.05, 3.63) is 39.6 Å². The lowest BCUT2D eigenvalue weighted by Gasteiger charge is -2.13. The molecule has 0 aliphatic rings. The smallest absolute Gasteiger partial charge is 0.343 e. The van der Waals surface area contributed by atoms with Gasteiger partial charge in [0, 0.05) is 11.4 Å². The van der Waals surface area contributed by atoms with Crippen LogP contribution in [0.2, 0.25) is 0 Å². The number of rotatable bonds is 4. The minimum atomic E-state index is -0.798. The summed E-state index contributed by atoms with van der Waals surface area (Å²) in [6.45, 7) is 5.56. The average Bonchev–Trinajstić information content (AvgIpc) is 2.73. The van der Waals surface area contributed by atoms with Gasteiger partial charge in [0.05, 0.1) is 6.10 Å². The van der Waals surface area contributed by atoms with Crippen LogP contribution in [0.4, 0.5) is 4.39 Å². The molecule has 0 aliphatic carbocycles. The molecule has 0 saturated heterocycles. The maximum absolute atomic E-state index is 13.6. The van der Waals surface area contributed by atoms with Crippen LogP contribution in [0.5, 0.6) is 0 Å². The standard InChI is InChI=1S/C13H16FN3O2S/c1-4-17-12(19)15-16-13(17)20-11-5-7(2)10(14)6-9(11)8(3)18/h5-6,8,18H,4H2,1-3H3,(H,15,19)/t8-/m0/s1. The Morgan fingerprint density at radius 3 is 2.85 bits per heavy atom. The van der Waals surface area contributed by atoms with Crippen LogP contribution in [-0.4, -0.2) is 19.9 Å². The lowest BCUT2D eigenvalue weighted by molar-refractivity contribution is 0.196. The van der Waals surface area contributed by atoms with Crippen molar-refractivity contribution < 1.29 is 9.50 Å². The van der Waals surface area contributed by atoms with Gasteiger partial charge < -0.3 is 5.11 Å². The Balaban J connectivity index is 2.47. The lowest BCUT2D eigenvalue weighted by atomic mass is 10.1. The van der Waals surface area contributed by atoms with Gasteiger partial charge in [-0.05, 0) is 55.8 Å². The number of aryl methyl sites for hydroxylation is 1. The summed E-state index contributed by atoms with van der Waals surface area (Å²) in [6.07, 6.45) is -0.798. The molecule has 108 valence electrons. The molecule has 2 rings (SSSR count). The lowest BCUT2D eigenvalue weighted by Crippen LogP contribution is -2.16. The number of H-pyrrole nitrogens is 1. The van der Waals surface area contributed by atoms with Gasteiger partial charge in [0.2, 0.25) is 0 Å². The van der Waals surface area contributed by atoms with E-state index in [0.29, 0.717) is 27.7 Å². The van der Waals surface area contributed by atoms with Crippen molar-refractivity contribution in [3.63, 3.8) is 0 Å². The second-order valence-electron chi connectivity index (χ2n) is 4.47. The van der Waals surface area contributed by atoms with E-state index in [-0.39, 0.29) is 11.5 Å². The summed E-state index contributed by atoms with van der Waals surface area (Å²) in [5, 5.41) is 16.6. The van der Waals surface area contributed by atoms with E-state index in [1.807, 2.05) is 6.92 Å². The minimum Gasteiger partial charge on any atom is -0.389 e. The summed E-state index contributed by atoms with van der Waals surface area (Å²) in [5.74, 6) is -0.361. The number of benzene rings is 1. The SMILES string of the molecule is CCn1c(Sc2cc(C)c(F)cc2[C@H](C)O)n[nH]c1=O. The minimum absolute atomic E-state index is 0.285. The summed E-state index contributed by atoms with van der Waals surface area (Å²) in [7, 11) is 0. The van der Waals surface area contributed by atoms with E-state index in [0.717, 1.165) is 0 Å². The first-order chi connectivity index (χ1) is 9.43. The van der Waals surface area contributed by atoms with Gasteiger partial charge in [-0.2, -0.15) is 0 Å². The van der Waals surface area contributed by atoms with Crippen LogP contribution in [-0.2, 0) is 6.54 Å². The molecule has 2 N–H and O–H groups in total. The highest BCUT2D eigenvalue weighted by molar-refractivity contribution is 7.99. The monoisotopic (exact) mass is 297 g/mol. The molecule has 0 radical (unpaired) electrons. The van der Waals surface area contributed by atoms with Gasteiger partial charge in [0.1, 0.15) is 5.82 Å². The van der Waals surface area contributed by atoms with E-state index in [1.54, 1.807) is 19.9 Å². The molecular formula is C13H16FN3O2S. The summed E-state index contributed by atoms with van der Waals surface area (Å²) in [4.78, 5) is 12.2. The Morgan fingerprint density at radius 1 is 1.55 bits per heavy atom. The summed E-state index contributed by atoms with van der Waals surface area (Å²) in [6, 6.07) is 2.98. The van der Waals surface area contributed by atoms with Crippen LogP contribution in [0, 0.1) is 12.7 Å². The maximum Gasteiger partial charge on any atom is 0.343 e. The number of hydrogen-bond donors (Lipinski definition) is 2. The number of halogens is 1. The summed E-state index contributed by atoms with van der Waals surface area (Å²) in [5.41, 5.74) is 0.682. The van der Waals surface area contributed by atoms with E-state index in [1.165, 1.54) is 22.4 Å². The van der Waals surface area contributed by atoms with Gasteiger partial charge in [-0.1, -0.05) is 0 Å². The molecule has 1 aromatic carbocycles. The molecule has 0 unspecified atom stereocenters. The van der Waals surface area contributed by atoms with Gasteiger partial charge >= 0.3 is 5.69 Å². The molecule has 2 aromatic rings. The van der Waals surface area contributed by atoms with E-state index >= 15 is 0 Å². The predicted molar refractivity (Wildman–Crippen MR) is 74.4 cm³/mol. The molecule has 0 amide bonds. The van der Waals surface area contributed by atoms with Crippen LogP contribution in [0.25, 0.3) is 0 Å². The van der Waals surface area contributed by atoms with Crippen LogP contribution in [0.3, 0.4) is 0 Å². The number of aliphatic hydroxyl groups excluding tert-OH is 1. The zero-order chi connectivity index (χ0) is 14.9. The molecule has 0 saturated carbocycles. The second-order valence-corrected chi connectivity index (χ2v) is 5.48. The first kappa shape index (κ1) is 14.8. The van der Waals surface area contributed by atoms with Crippen LogP contribution in [0.1, 0.15) is 31.1 Å². The summed E-state index contributed by atoms with van der Waals surface area (Å²) < 4.78 is 15.1. The van der Waals surface area contributed by atoms with E-state index in [2.05, 4.69) is 10.2 Å². The Morgan fingerprint density at radius 2 is 2.25 bits per heavy atom. The quantitative estimate of drug-likeness (QED) is 0.908. The third kappa shape index (κ3) is 2.78. The third-order valence-electron chi connectivity index (χ3n) is 2.98. The summed E-state index contributed by atoms with van der Waals surface area (Å²) >= 11 is 1.23. The first-order valence-electron chi connectivity index (χ1n) is 6.25. The predicted octanol–water partition coefficient (Wildman–Crippen LogP) is 2.24. The fraction of sp³-hybridized carbons (Fsp3) is 0.385. The normalized spacial score (nSPS) is 12.7. The zero-order valence-electron chi connectivity index (χ0n) is 11.5. The van der Waals surface area contributed by atoms with Crippen molar-refractivity contribution >= 4 is 11.8 Å². The number of aliphatic hydroxyl groups is 1. The van der Waals surface area contributed by atoms with E-state index in [9.17, 15) is 14.3 Å². The maximum atomic E-state index is 13.6. The van der Waals surface area contributed by atoms with Gasteiger partial charge in [-0.25, -0.2) is 14.3 Å². The number of aromatic nitrogens is 3. The molecule has 20 heavy (non-hydrogen) atoms. The van der Waals surface area contributed by atoms with Crippen molar-refractivity contribution in [2.45, 2.75) is 43.5 Å². The zero-order valence-corrected chi connectivity index (χ0v) is 12.3. The molecule has 7 heteroatoms. The van der Waals surface area contributed by atoms with Crippen molar-refractivity contribution in [2.75, 3.05) is 0 Å². The molecule has 1 aromatic heterocycles. The third-order valence-corrected chi connectivity index (χ3v) is 4.05. The Hall–Kier alpha value is -1.60. The highest BCUT2D eigenvalue weighted by Crippen LogP contribution is 2.33. The number of nitrogens with one attached hydrogen (secondary N) is 1. The highest BCUT2D eigenvalue weighted by Gasteiger charge is 2.16. The largest absolute Gasteiger partial charge is 0.389 e. The van der Waals surface area contributed by atoms with Crippen LogP contribution >= 0.6 is 11.8 Å². The van der Waals surface area contributed by atoms with Crippen molar-refractivity contribution in [2.24, 2.45) is 0 Å². The van der Waals surface area contributed by atoms with Gasteiger partial charge in [-0.3, -0.25) is 4.57 Å².